The van der Waals surface area contributed by atoms with Crippen LogP contribution in [0.2, 0.25) is 5.02 Å². The van der Waals surface area contributed by atoms with Gasteiger partial charge in [0.05, 0.1) is 23.9 Å². The highest BCUT2D eigenvalue weighted by molar-refractivity contribution is 6.31. The van der Waals surface area contributed by atoms with Crippen LogP contribution in [0.3, 0.4) is 0 Å². The van der Waals surface area contributed by atoms with Crippen LogP contribution >= 0.6 is 11.6 Å². The number of benzene rings is 1. The zero-order valence-corrected chi connectivity index (χ0v) is 21.7. The summed E-state index contributed by atoms with van der Waals surface area (Å²) < 4.78 is 8.27. The van der Waals surface area contributed by atoms with E-state index in [2.05, 4.69) is 15.4 Å². The molecule has 1 aliphatic carbocycles. The molecule has 2 aromatic heterocycles. The molecule has 188 valence electrons. The summed E-state index contributed by atoms with van der Waals surface area (Å²) in [5.74, 6) is 0.238. The fraction of sp³-hybridized carbons (Fsp3) is 0.481. The number of fused-ring (bicyclic) bond motifs is 2. The SMILES string of the molecule is Cc1cc(Cl)cc(-c2ncnn3cc(CN4C(=O)C5C(C4=O)C5(C)C)c(C)c23)c1OC1CCCNC1. The molecule has 36 heavy (non-hydrogen) atoms. The van der Waals surface area contributed by atoms with Crippen LogP contribution in [0.1, 0.15) is 43.4 Å². The lowest BCUT2D eigenvalue weighted by Gasteiger charge is -2.26. The van der Waals surface area contributed by atoms with Gasteiger partial charge in [-0.05, 0) is 67.5 Å². The van der Waals surface area contributed by atoms with Crippen LogP contribution in [-0.4, -0.2) is 50.5 Å². The van der Waals surface area contributed by atoms with Gasteiger partial charge in [0.25, 0.3) is 0 Å². The lowest BCUT2D eigenvalue weighted by molar-refractivity contribution is -0.143. The van der Waals surface area contributed by atoms with Gasteiger partial charge < -0.3 is 10.1 Å². The molecule has 1 aromatic carbocycles. The van der Waals surface area contributed by atoms with Crippen LogP contribution in [0, 0.1) is 31.1 Å². The molecular weight excluding hydrogens is 478 g/mol. The number of imide groups is 1. The third kappa shape index (κ3) is 3.53. The first-order valence-corrected chi connectivity index (χ1v) is 12.9. The smallest absolute Gasteiger partial charge is 0.233 e. The Bertz CT molecular complexity index is 1380. The van der Waals surface area contributed by atoms with Crippen molar-refractivity contribution >= 4 is 28.9 Å². The van der Waals surface area contributed by atoms with E-state index in [0.717, 1.165) is 59.5 Å². The zero-order valence-electron chi connectivity index (χ0n) is 21.0. The summed E-state index contributed by atoms with van der Waals surface area (Å²) in [6.45, 7) is 10.00. The van der Waals surface area contributed by atoms with E-state index in [9.17, 15) is 9.59 Å². The van der Waals surface area contributed by atoms with Crippen molar-refractivity contribution in [1.82, 2.24) is 24.8 Å². The molecule has 3 aromatic rings. The lowest BCUT2D eigenvalue weighted by atomic mass is 10.0. The number of carbonyl (C=O) groups is 2. The highest BCUT2D eigenvalue weighted by Gasteiger charge is 2.72. The average molecular weight is 508 g/mol. The minimum atomic E-state index is -0.224. The minimum absolute atomic E-state index is 0.0709. The van der Waals surface area contributed by atoms with Gasteiger partial charge in [0.15, 0.2) is 0 Å². The van der Waals surface area contributed by atoms with Crippen molar-refractivity contribution in [3.8, 4) is 17.0 Å². The Morgan fingerprint density at radius 2 is 1.94 bits per heavy atom. The Labute approximate surface area is 215 Å². The van der Waals surface area contributed by atoms with Crippen molar-refractivity contribution in [3.63, 3.8) is 0 Å². The molecule has 2 aliphatic heterocycles. The van der Waals surface area contributed by atoms with Crippen LogP contribution in [0.25, 0.3) is 16.8 Å². The number of hydrogen-bond acceptors (Lipinski definition) is 6. The van der Waals surface area contributed by atoms with Crippen LogP contribution < -0.4 is 10.1 Å². The van der Waals surface area contributed by atoms with Gasteiger partial charge in [-0.1, -0.05) is 25.4 Å². The van der Waals surface area contributed by atoms with Crippen LogP contribution in [-0.2, 0) is 16.1 Å². The summed E-state index contributed by atoms with van der Waals surface area (Å²) in [5, 5.41) is 8.44. The molecule has 0 radical (unpaired) electrons. The third-order valence-electron chi connectivity index (χ3n) is 8.18. The van der Waals surface area contributed by atoms with E-state index in [4.69, 9.17) is 16.3 Å². The predicted octanol–water partition coefficient (Wildman–Crippen LogP) is 3.94. The molecule has 3 aliphatic rings. The topological polar surface area (TPSA) is 88.8 Å². The fourth-order valence-electron chi connectivity index (χ4n) is 6.05. The Kier molecular flexibility index (Phi) is 5.39. The molecule has 3 unspecified atom stereocenters. The summed E-state index contributed by atoms with van der Waals surface area (Å²) >= 11 is 6.50. The number of aryl methyl sites for hydroxylation is 2. The van der Waals surface area contributed by atoms with E-state index in [1.807, 2.05) is 46.0 Å². The molecule has 0 spiro atoms. The van der Waals surface area contributed by atoms with Crippen molar-refractivity contribution in [2.45, 2.75) is 53.2 Å². The highest BCUT2D eigenvalue weighted by atomic mass is 35.5. The van der Waals surface area contributed by atoms with Crippen molar-refractivity contribution in [2.75, 3.05) is 13.1 Å². The second-order valence-corrected chi connectivity index (χ2v) is 11.3. The third-order valence-corrected chi connectivity index (χ3v) is 8.40. The second-order valence-electron chi connectivity index (χ2n) is 10.9. The first-order chi connectivity index (χ1) is 17.2. The van der Waals surface area contributed by atoms with E-state index in [-0.39, 0.29) is 41.7 Å². The van der Waals surface area contributed by atoms with Gasteiger partial charge in [-0.3, -0.25) is 14.5 Å². The number of carbonyl (C=O) groups excluding carboxylic acids is 2. The first-order valence-electron chi connectivity index (χ1n) is 12.5. The normalized spacial score (nSPS) is 24.9. The van der Waals surface area contributed by atoms with Crippen LogP contribution in [0.4, 0.5) is 0 Å². The largest absolute Gasteiger partial charge is 0.488 e. The van der Waals surface area contributed by atoms with Gasteiger partial charge in [0.1, 0.15) is 23.9 Å². The van der Waals surface area contributed by atoms with E-state index < -0.39 is 0 Å². The second kappa shape index (κ2) is 8.28. The maximum absolute atomic E-state index is 12.9. The molecule has 6 rings (SSSR count). The zero-order chi connectivity index (χ0) is 25.4. The Hall–Kier alpha value is -2.97. The molecule has 1 N–H and O–H groups in total. The highest BCUT2D eigenvalue weighted by Crippen LogP contribution is 2.63. The number of halogens is 1. The first kappa shape index (κ1) is 23.4. The van der Waals surface area contributed by atoms with Gasteiger partial charge in [-0.15, -0.1) is 0 Å². The molecule has 3 atom stereocenters. The van der Waals surface area contributed by atoms with E-state index in [1.165, 1.54) is 11.2 Å². The molecule has 1 saturated carbocycles. The van der Waals surface area contributed by atoms with Gasteiger partial charge in [0, 0.05) is 23.3 Å². The van der Waals surface area contributed by atoms with Gasteiger partial charge in [0.2, 0.25) is 11.8 Å². The number of amides is 2. The maximum Gasteiger partial charge on any atom is 0.233 e. The predicted molar refractivity (Wildman–Crippen MR) is 136 cm³/mol. The van der Waals surface area contributed by atoms with Crippen molar-refractivity contribution in [1.29, 1.82) is 0 Å². The van der Waals surface area contributed by atoms with Crippen molar-refractivity contribution in [2.24, 2.45) is 17.3 Å². The monoisotopic (exact) mass is 507 g/mol. The quantitative estimate of drug-likeness (QED) is 0.526. The number of piperidine rings is 2. The van der Waals surface area contributed by atoms with Crippen LogP contribution in [0.5, 0.6) is 5.75 Å². The molecule has 8 nitrogen and oxygen atoms in total. The Balaban J connectivity index is 1.39. The van der Waals surface area contributed by atoms with Crippen molar-refractivity contribution < 1.29 is 14.3 Å². The van der Waals surface area contributed by atoms with Crippen molar-refractivity contribution in [3.05, 3.63) is 46.4 Å². The molecule has 9 heteroatoms. The minimum Gasteiger partial charge on any atom is -0.488 e. The van der Waals surface area contributed by atoms with Gasteiger partial charge in [-0.2, -0.15) is 5.10 Å². The Morgan fingerprint density at radius 1 is 1.19 bits per heavy atom. The number of hydrogen-bond donors (Lipinski definition) is 1. The standard InChI is InChI=1S/C27H30ClN5O3/c1-14-8-17(28)9-19(24(14)36-18-6-5-7-29-10-18)22-23-15(2)16(12-33(23)31-13-30-22)11-32-25(34)20-21(26(32)35)27(20,3)4/h8-9,12-13,18,20-21,29H,5-7,10-11H2,1-4H3. The summed E-state index contributed by atoms with van der Waals surface area (Å²) in [6.07, 6.45) is 5.52. The summed E-state index contributed by atoms with van der Waals surface area (Å²) in [7, 11) is 0. The fourth-order valence-corrected chi connectivity index (χ4v) is 6.32. The average Bonchev–Trinajstić information content (AvgIpc) is 3.12. The molecule has 0 bridgehead atoms. The molecular formula is C27H30ClN5O3. The van der Waals surface area contributed by atoms with E-state index in [0.29, 0.717) is 10.7 Å². The molecule has 4 heterocycles. The molecule has 3 fully saturated rings. The van der Waals surface area contributed by atoms with Gasteiger partial charge in [-0.25, -0.2) is 9.50 Å². The van der Waals surface area contributed by atoms with E-state index >= 15 is 0 Å². The van der Waals surface area contributed by atoms with E-state index in [1.54, 1.807) is 4.52 Å². The number of aromatic nitrogens is 3. The number of likely N-dealkylation sites (tertiary alicyclic amines) is 1. The number of nitrogens with zero attached hydrogens (tertiary/aromatic N) is 4. The van der Waals surface area contributed by atoms with Crippen LogP contribution in [0.15, 0.2) is 24.7 Å². The number of rotatable bonds is 5. The molecule has 2 amide bonds. The maximum atomic E-state index is 12.9. The summed E-state index contributed by atoms with van der Waals surface area (Å²) in [5.41, 5.74) is 4.84. The Morgan fingerprint density at radius 3 is 2.64 bits per heavy atom. The summed E-state index contributed by atoms with van der Waals surface area (Å²) in [4.78, 5) is 31.9. The van der Waals surface area contributed by atoms with Gasteiger partial charge >= 0.3 is 0 Å². The lowest BCUT2D eigenvalue weighted by Crippen LogP contribution is -2.37. The molecule has 2 saturated heterocycles. The number of nitrogens with one attached hydrogen (secondary N) is 1. The summed E-state index contributed by atoms with van der Waals surface area (Å²) in [6, 6.07) is 3.79. The number of ether oxygens (including phenoxy) is 1.